The average molecular weight is 290 g/mol. The quantitative estimate of drug-likeness (QED) is 0.729. The Kier molecular flexibility index (Phi) is 3.56. The summed E-state index contributed by atoms with van der Waals surface area (Å²) in [5.74, 6) is -0.232. The second-order valence-electron chi connectivity index (χ2n) is 3.95. The molecule has 1 aliphatic rings. The summed E-state index contributed by atoms with van der Waals surface area (Å²) < 4.78 is 25.7. The smallest absolute Gasteiger partial charge is 0.246 e. The average Bonchev–Trinajstić information content (AvgIpc) is 2.33. The molecule has 6 nitrogen and oxygen atoms in total. The van der Waals surface area contributed by atoms with E-state index in [-0.39, 0.29) is 29.0 Å². The number of likely N-dealkylation sites (N-methyl/N-ethyl adjacent to an activating group) is 1. The number of carbonyl (C=O) groups is 1. The predicted octanol–water partition coefficient (Wildman–Crippen LogP) is 0.198. The van der Waals surface area contributed by atoms with Gasteiger partial charge in [-0.2, -0.15) is 4.31 Å². The van der Waals surface area contributed by atoms with E-state index in [4.69, 9.17) is 11.6 Å². The van der Waals surface area contributed by atoms with Gasteiger partial charge in [0.25, 0.3) is 0 Å². The van der Waals surface area contributed by atoms with Crippen LogP contribution in [0, 0.1) is 0 Å². The molecule has 0 saturated carbocycles. The molecule has 0 aromatic carbocycles. The van der Waals surface area contributed by atoms with Crippen LogP contribution in [0.2, 0.25) is 5.15 Å². The number of sulfonamides is 1. The molecule has 0 N–H and O–H groups in total. The van der Waals surface area contributed by atoms with Gasteiger partial charge in [-0.15, -0.1) is 0 Å². The van der Waals surface area contributed by atoms with E-state index >= 15 is 0 Å². The number of nitrogens with zero attached hydrogens (tertiary/aromatic N) is 3. The third-order valence-electron chi connectivity index (χ3n) is 2.76. The molecule has 2 heterocycles. The summed E-state index contributed by atoms with van der Waals surface area (Å²) in [6.45, 7) is 0.468. The van der Waals surface area contributed by atoms with Crippen molar-refractivity contribution in [1.29, 1.82) is 0 Å². The van der Waals surface area contributed by atoms with Crippen LogP contribution in [0.3, 0.4) is 0 Å². The molecular weight excluding hydrogens is 278 g/mol. The van der Waals surface area contributed by atoms with Crippen molar-refractivity contribution in [3.63, 3.8) is 0 Å². The third-order valence-corrected chi connectivity index (χ3v) is 5.05. The van der Waals surface area contributed by atoms with E-state index in [1.54, 1.807) is 7.05 Å². The third kappa shape index (κ3) is 2.33. The van der Waals surface area contributed by atoms with Crippen molar-refractivity contribution in [2.75, 3.05) is 26.7 Å². The Morgan fingerprint density at radius 2 is 2.11 bits per heavy atom. The van der Waals surface area contributed by atoms with Gasteiger partial charge in [0.05, 0.1) is 6.54 Å². The molecule has 8 heteroatoms. The first kappa shape index (κ1) is 13.3. The molecule has 98 valence electrons. The zero-order valence-electron chi connectivity index (χ0n) is 9.71. The van der Waals surface area contributed by atoms with E-state index in [0.717, 1.165) is 4.31 Å². The lowest BCUT2D eigenvalue weighted by atomic mass is 10.4. The van der Waals surface area contributed by atoms with Gasteiger partial charge in [-0.25, -0.2) is 13.4 Å². The van der Waals surface area contributed by atoms with Crippen molar-refractivity contribution in [2.45, 2.75) is 4.90 Å². The van der Waals surface area contributed by atoms with Crippen LogP contribution < -0.4 is 0 Å². The Morgan fingerprint density at radius 1 is 1.39 bits per heavy atom. The second-order valence-corrected chi connectivity index (χ2v) is 6.21. The van der Waals surface area contributed by atoms with Crippen LogP contribution >= 0.6 is 11.6 Å². The van der Waals surface area contributed by atoms with Crippen molar-refractivity contribution in [3.05, 3.63) is 23.5 Å². The van der Waals surface area contributed by atoms with Gasteiger partial charge in [-0.05, 0) is 12.1 Å². The van der Waals surface area contributed by atoms with Crippen LogP contribution in [-0.2, 0) is 14.8 Å². The molecule has 1 fully saturated rings. The molecule has 0 spiro atoms. The standard InChI is InChI=1S/C10H12ClN3O3S/c1-13-5-6-14(7-9(13)15)18(16,17)8-3-2-4-12-10(8)11/h2-4H,5-7H2,1H3. The zero-order chi connectivity index (χ0) is 13.3. The summed E-state index contributed by atoms with van der Waals surface area (Å²) in [5.41, 5.74) is 0. The molecule has 0 atom stereocenters. The molecule has 1 aromatic rings. The molecular formula is C10H12ClN3O3S. The molecule has 0 unspecified atom stereocenters. The second kappa shape index (κ2) is 4.83. The number of hydrogen-bond acceptors (Lipinski definition) is 4. The number of piperazine rings is 1. The molecule has 0 aliphatic carbocycles. The molecule has 18 heavy (non-hydrogen) atoms. The van der Waals surface area contributed by atoms with Crippen molar-refractivity contribution in [2.24, 2.45) is 0 Å². The van der Waals surface area contributed by atoms with Crippen LogP contribution in [-0.4, -0.2) is 55.2 Å². The molecule has 0 bridgehead atoms. The highest BCUT2D eigenvalue weighted by molar-refractivity contribution is 7.89. The van der Waals surface area contributed by atoms with Crippen LogP contribution in [0.25, 0.3) is 0 Å². The van der Waals surface area contributed by atoms with Gasteiger partial charge in [0.1, 0.15) is 10.0 Å². The molecule has 1 aromatic heterocycles. The Bertz CT molecular complexity index is 575. The zero-order valence-corrected chi connectivity index (χ0v) is 11.3. The van der Waals surface area contributed by atoms with Crippen molar-refractivity contribution in [3.8, 4) is 0 Å². The van der Waals surface area contributed by atoms with Gasteiger partial charge >= 0.3 is 0 Å². The van der Waals surface area contributed by atoms with Gasteiger partial charge in [-0.3, -0.25) is 4.79 Å². The van der Waals surface area contributed by atoms with E-state index in [1.807, 2.05) is 0 Å². The Hall–Kier alpha value is -1.18. The van der Waals surface area contributed by atoms with E-state index in [2.05, 4.69) is 4.98 Å². The Balaban J connectivity index is 2.33. The lowest BCUT2D eigenvalue weighted by Crippen LogP contribution is -2.50. The highest BCUT2D eigenvalue weighted by atomic mass is 35.5. The Morgan fingerprint density at radius 3 is 2.72 bits per heavy atom. The minimum Gasteiger partial charge on any atom is -0.343 e. The summed E-state index contributed by atoms with van der Waals surface area (Å²) in [6.07, 6.45) is 1.41. The minimum absolute atomic E-state index is 0.0657. The SMILES string of the molecule is CN1CCN(S(=O)(=O)c2cccnc2Cl)CC1=O. The number of carbonyl (C=O) groups excluding carboxylic acids is 1. The fraction of sp³-hybridized carbons (Fsp3) is 0.400. The molecule has 1 saturated heterocycles. The maximum absolute atomic E-state index is 12.3. The highest BCUT2D eigenvalue weighted by Crippen LogP contribution is 2.23. The first-order valence-corrected chi connectivity index (χ1v) is 7.09. The van der Waals surface area contributed by atoms with Crippen molar-refractivity contribution in [1.82, 2.24) is 14.2 Å². The van der Waals surface area contributed by atoms with Gasteiger partial charge in [0, 0.05) is 26.3 Å². The first-order valence-electron chi connectivity index (χ1n) is 5.27. The number of hydrogen-bond donors (Lipinski definition) is 0. The first-order chi connectivity index (χ1) is 8.43. The van der Waals surface area contributed by atoms with E-state index in [0.29, 0.717) is 6.54 Å². The molecule has 0 radical (unpaired) electrons. The van der Waals surface area contributed by atoms with Gasteiger partial charge in [0.2, 0.25) is 15.9 Å². The van der Waals surface area contributed by atoms with Gasteiger partial charge in [0.15, 0.2) is 0 Å². The number of aromatic nitrogens is 1. The number of pyridine rings is 1. The summed E-state index contributed by atoms with van der Waals surface area (Å²) in [7, 11) is -2.12. The van der Waals surface area contributed by atoms with Crippen molar-refractivity contribution < 1.29 is 13.2 Å². The highest BCUT2D eigenvalue weighted by Gasteiger charge is 2.32. The summed E-state index contributed by atoms with van der Waals surface area (Å²) >= 11 is 5.78. The molecule has 1 amide bonds. The maximum Gasteiger partial charge on any atom is 0.246 e. The monoisotopic (exact) mass is 289 g/mol. The fourth-order valence-corrected chi connectivity index (χ4v) is 3.45. The molecule has 2 rings (SSSR count). The maximum atomic E-state index is 12.3. The van der Waals surface area contributed by atoms with Crippen LogP contribution in [0.5, 0.6) is 0 Å². The summed E-state index contributed by atoms with van der Waals surface area (Å²) in [6, 6.07) is 2.88. The number of rotatable bonds is 2. The van der Waals surface area contributed by atoms with E-state index in [1.165, 1.54) is 23.2 Å². The van der Waals surface area contributed by atoms with Gasteiger partial charge in [-0.1, -0.05) is 11.6 Å². The fourth-order valence-electron chi connectivity index (χ4n) is 1.64. The lowest BCUT2D eigenvalue weighted by molar-refractivity contribution is -0.132. The number of halogens is 1. The van der Waals surface area contributed by atoms with Crippen LogP contribution in [0.1, 0.15) is 0 Å². The topological polar surface area (TPSA) is 70.6 Å². The molecule has 1 aliphatic heterocycles. The van der Waals surface area contributed by atoms with E-state index in [9.17, 15) is 13.2 Å². The number of amides is 1. The Labute approximate surface area is 110 Å². The largest absolute Gasteiger partial charge is 0.343 e. The minimum atomic E-state index is -3.76. The van der Waals surface area contributed by atoms with Crippen LogP contribution in [0.4, 0.5) is 0 Å². The summed E-state index contributed by atoms with van der Waals surface area (Å²) in [5, 5.41) is -0.0797. The lowest BCUT2D eigenvalue weighted by Gasteiger charge is -2.31. The van der Waals surface area contributed by atoms with Gasteiger partial charge < -0.3 is 4.90 Å². The summed E-state index contributed by atoms with van der Waals surface area (Å²) in [4.78, 5) is 16.7. The normalized spacial score (nSPS) is 18.1. The predicted molar refractivity (Wildman–Crippen MR) is 65.6 cm³/mol. The van der Waals surface area contributed by atoms with E-state index < -0.39 is 10.0 Å². The van der Waals surface area contributed by atoms with Crippen LogP contribution in [0.15, 0.2) is 23.2 Å². The van der Waals surface area contributed by atoms with Crippen molar-refractivity contribution >= 4 is 27.5 Å².